The number of nitrogens with two attached hydrogens (primary N) is 1. The fraction of sp³-hybridized carbons (Fsp3) is 0.357. The first-order valence-electron chi connectivity index (χ1n) is 6.94. The molecule has 0 bridgehead atoms. The van der Waals surface area contributed by atoms with Crippen molar-refractivity contribution in [1.29, 1.82) is 10.8 Å². The van der Waals surface area contributed by atoms with Crippen LogP contribution in [0.1, 0.15) is 6.92 Å². The Morgan fingerprint density at radius 2 is 2.25 bits per heavy atom. The lowest BCUT2D eigenvalue weighted by molar-refractivity contribution is 0.133. The van der Waals surface area contributed by atoms with Crippen molar-refractivity contribution in [3.8, 4) is 0 Å². The smallest absolute Gasteiger partial charge is 0.129 e. The number of ether oxygens (including phenoxy) is 1. The van der Waals surface area contributed by atoms with E-state index in [9.17, 15) is 8.96 Å². The number of methoxy groups -OCH3 is 1. The number of hydrogen-bond donors (Lipinski definition) is 5. The van der Waals surface area contributed by atoms with Gasteiger partial charge in [0.2, 0.25) is 0 Å². The highest BCUT2D eigenvalue weighted by molar-refractivity contribution is 6.14. The zero-order valence-corrected chi connectivity index (χ0v) is 13.6. The molecule has 0 aliphatic rings. The summed E-state index contributed by atoms with van der Waals surface area (Å²) in [5, 5.41) is 17.8. The van der Waals surface area contributed by atoms with E-state index in [1.807, 2.05) is 0 Å². The van der Waals surface area contributed by atoms with Crippen LogP contribution in [0.15, 0.2) is 29.4 Å². The quantitative estimate of drug-likeness (QED) is 0.213. The van der Waals surface area contributed by atoms with Gasteiger partial charge in [-0.05, 0) is 25.1 Å². The second-order valence-corrected chi connectivity index (χ2v) is 4.47. The molecule has 24 heavy (non-hydrogen) atoms. The fourth-order valence-electron chi connectivity index (χ4n) is 1.39. The fourth-order valence-corrected chi connectivity index (χ4v) is 1.39. The van der Waals surface area contributed by atoms with Crippen molar-refractivity contribution in [3.63, 3.8) is 0 Å². The predicted molar refractivity (Wildman–Crippen MR) is 93.3 cm³/mol. The van der Waals surface area contributed by atoms with Crippen LogP contribution < -0.4 is 21.8 Å². The zero-order valence-electron chi connectivity index (χ0n) is 13.6. The maximum absolute atomic E-state index is 13.3. The van der Waals surface area contributed by atoms with E-state index in [0.29, 0.717) is 12.3 Å². The molecule has 0 aliphatic carbocycles. The molecule has 0 amide bonds. The van der Waals surface area contributed by atoms with E-state index in [1.165, 1.54) is 31.9 Å². The summed E-state index contributed by atoms with van der Waals surface area (Å²) in [4.78, 5) is 0. The van der Waals surface area contributed by atoms with E-state index in [1.54, 1.807) is 18.2 Å². The summed E-state index contributed by atoms with van der Waals surface area (Å²) < 4.78 is 29.4. The Balaban J connectivity index is 0.000000561. The highest BCUT2D eigenvalue weighted by atomic mass is 19.2. The normalized spacial score (nSPS) is 11.4. The third-order valence-corrected chi connectivity index (χ3v) is 2.52. The van der Waals surface area contributed by atoms with Crippen molar-refractivity contribution < 1.29 is 13.7 Å². The highest BCUT2D eigenvalue weighted by Crippen LogP contribution is 2.19. The first-order chi connectivity index (χ1) is 11.5. The van der Waals surface area contributed by atoms with Crippen LogP contribution in [0.2, 0.25) is 0 Å². The van der Waals surface area contributed by atoms with Gasteiger partial charge in [0.05, 0.1) is 30.2 Å². The monoisotopic (exact) mass is 343 g/mol. The first kappa shape index (κ1) is 21.6. The van der Waals surface area contributed by atoms with Gasteiger partial charge in [0, 0.05) is 19.9 Å². The minimum atomic E-state index is -0.361. The van der Waals surface area contributed by atoms with Crippen molar-refractivity contribution in [2.75, 3.05) is 30.8 Å². The molecule has 0 saturated carbocycles. The van der Waals surface area contributed by atoms with Crippen LogP contribution in [0.25, 0.3) is 0 Å². The maximum Gasteiger partial charge on any atom is 0.129 e. The number of hydrazone groups is 1. The number of hydrogen-bond acceptors (Lipinski definition) is 7. The van der Waals surface area contributed by atoms with Crippen LogP contribution in [-0.2, 0) is 4.74 Å². The van der Waals surface area contributed by atoms with Gasteiger partial charge in [-0.1, -0.05) is 10.5 Å². The van der Waals surface area contributed by atoms with Gasteiger partial charge < -0.3 is 15.9 Å². The number of halogens is 2. The molecule has 0 heterocycles. The topological polar surface area (TPSA) is 123 Å². The van der Waals surface area contributed by atoms with Crippen molar-refractivity contribution in [2.45, 2.75) is 13.0 Å². The van der Waals surface area contributed by atoms with Gasteiger partial charge >= 0.3 is 0 Å². The van der Waals surface area contributed by atoms with Gasteiger partial charge in [-0.15, -0.1) is 4.48 Å². The largest absolute Gasteiger partial charge is 0.383 e. The lowest BCUT2D eigenvalue weighted by Gasteiger charge is -2.12. The molecule has 6 N–H and O–H groups in total. The minimum absolute atomic E-state index is 0.194. The number of nitrogens with zero attached hydrogens (tertiary/aromatic N) is 2. The summed E-state index contributed by atoms with van der Waals surface area (Å²) in [5.41, 5.74) is 10.1. The lowest BCUT2D eigenvalue weighted by atomic mass is 10.3. The van der Waals surface area contributed by atoms with E-state index >= 15 is 0 Å². The Kier molecular flexibility index (Phi) is 11.7. The average Bonchev–Trinajstić information content (AvgIpc) is 2.60. The molecule has 0 spiro atoms. The van der Waals surface area contributed by atoms with Crippen LogP contribution in [-0.4, -0.2) is 44.6 Å². The van der Waals surface area contributed by atoms with Crippen molar-refractivity contribution in [3.05, 3.63) is 24.3 Å². The second-order valence-electron chi connectivity index (χ2n) is 4.47. The molecule has 1 unspecified atom stereocenters. The van der Waals surface area contributed by atoms with E-state index in [4.69, 9.17) is 16.6 Å². The molecule has 0 fully saturated rings. The molecule has 1 aromatic rings. The number of nitrogens with one attached hydrogen (secondary N) is 4. The minimum Gasteiger partial charge on any atom is -0.383 e. The summed E-state index contributed by atoms with van der Waals surface area (Å²) >= 11 is 0. The summed E-state index contributed by atoms with van der Waals surface area (Å²) in [6, 6.07) is 6.05. The van der Waals surface area contributed by atoms with Crippen molar-refractivity contribution in [2.24, 2.45) is 10.8 Å². The molecule has 1 rings (SSSR count). The number of anilines is 2. The van der Waals surface area contributed by atoms with Gasteiger partial charge in [-0.25, -0.2) is 0 Å². The maximum atomic E-state index is 13.3. The molecule has 0 radical (unpaired) electrons. The van der Waals surface area contributed by atoms with E-state index in [0.717, 1.165) is 6.21 Å². The van der Waals surface area contributed by atoms with Crippen molar-refractivity contribution in [1.82, 2.24) is 5.54 Å². The molecule has 1 atom stereocenters. The summed E-state index contributed by atoms with van der Waals surface area (Å²) in [7, 11) is 1.50. The highest BCUT2D eigenvalue weighted by Gasteiger charge is 2.07. The molecule has 134 valence electrons. The molecule has 0 aromatic heterocycles. The molecule has 8 nitrogen and oxygen atoms in total. The van der Waals surface area contributed by atoms with Gasteiger partial charge in [0.25, 0.3) is 0 Å². The van der Waals surface area contributed by atoms with Gasteiger partial charge in [-0.3, -0.25) is 10.8 Å². The molecule has 0 saturated heterocycles. The van der Waals surface area contributed by atoms with Crippen LogP contribution in [0.5, 0.6) is 0 Å². The molecular weight excluding hydrogens is 320 g/mol. The van der Waals surface area contributed by atoms with E-state index < -0.39 is 0 Å². The summed E-state index contributed by atoms with van der Waals surface area (Å²) in [6.45, 7) is 1.92. The molecule has 1 aromatic carbocycles. The van der Waals surface area contributed by atoms with Gasteiger partial charge in [0.1, 0.15) is 5.84 Å². The standard InChI is InChI=1S/C10H12FN5.C4H11FN2O/c1-8(13)16(11)10-4-2-3-9(7-10)15-14-6-5-12;1-8-3-4(2-6)7-5/h2-7,12-13,15H,1H3;4,7H,2-3,6H2,1H3/b12-5?,13-8?,14-6-;. The average molecular weight is 343 g/mol. The Hall–Kier alpha value is -2.43. The van der Waals surface area contributed by atoms with Crippen LogP contribution >= 0.6 is 0 Å². The number of benzene rings is 1. The van der Waals surface area contributed by atoms with Crippen molar-refractivity contribution >= 4 is 29.6 Å². The van der Waals surface area contributed by atoms with Gasteiger partial charge in [-0.2, -0.15) is 15.8 Å². The van der Waals surface area contributed by atoms with Crippen LogP contribution in [0.4, 0.5) is 20.3 Å². The Labute approximate surface area is 139 Å². The summed E-state index contributed by atoms with van der Waals surface area (Å²) in [6.07, 6.45) is 2.29. The van der Waals surface area contributed by atoms with Crippen LogP contribution in [0.3, 0.4) is 0 Å². The summed E-state index contributed by atoms with van der Waals surface area (Å²) in [5.74, 6) is -0.194. The number of rotatable bonds is 8. The van der Waals surface area contributed by atoms with E-state index in [2.05, 4.69) is 15.3 Å². The zero-order chi connectivity index (χ0) is 18.4. The Morgan fingerprint density at radius 1 is 1.54 bits per heavy atom. The second kappa shape index (κ2) is 13.0. The molecular formula is C14H23F2N7O. The van der Waals surface area contributed by atoms with E-state index in [-0.39, 0.29) is 29.2 Å². The lowest BCUT2D eigenvalue weighted by Crippen LogP contribution is -2.34. The van der Waals surface area contributed by atoms with Gasteiger partial charge in [0.15, 0.2) is 0 Å². The van der Waals surface area contributed by atoms with Crippen LogP contribution in [0, 0.1) is 10.8 Å². The Bertz CT molecular complexity index is 524. The predicted octanol–water partition coefficient (Wildman–Crippen LogP) is 1.86. The SMILES string of the molecule is CC(=N)N(F)c1cccc(N/N=C\C=N)c1.COCC(CN)NF. The first-order valence-corrected chi connectivity index (χ1v) is 6.94. The molecule has 0 aliphatic heterocycles. The number of amidine groups is 1. The third kappa shape index (κ3) is 8.88. The Morgan fingerprint density at radius 3 is 2.71 bits per heavy atom. The third-order valence-electron chi connectivity index (χ3n) is 2.52. The molecule has 10 heteroatoms.